The van der Waals surface area contributed by atoms with Gasteiger partial charge in [-0.15, -0.1) is 0 Å². The van der Waals surface area contributed by atoms with E-state index in [9.17, 15) is 36.6 Å². The summed E-state index contributed by atoms with van der Waals surface area (Å²) in [5.74, 6) is -8.73. The van der Waals surface area contributed by atoms with Crippen molar-refractivity contribution in [1.29, 1.82) is 0 Å². The summed E-state index contributed by atoms with van der Waals surface area (Å²) in [7, 11) is 0. The standard InChI is InChI=1S/C22H21ClF5N3O4/c1-12(31-9-2-3-10-31)17(20(33)34)35-16-11-13(6-7-15(16)21(24,25)22(26,27)28)30-19(32)14-5-4-8-29-18(14)23/h4-8,11-12,17H,2-3,9-10H2,1H3,(H,30,32)(H,33,34). The minimum atomic E-state index is -5.97. The number of hydrogen-bond acceptors (Lipinski definition) is 5. The van der Waals surface area contributed by atoms with Crippen LogP contribution in [0.5, 0.6) is 5.75 Å². The van der Waals surface area contributed by atoms with E-state index in [4.69, 9.17) is 16.3 Å². The maximum atomic E-state index is 14.3. The van der Waals surface area contributed by atoms with Crippen LogP contribution in [-0.4, -0.2) is 58.3 Å². The highest BCUT2D eigenvalue weighted by atomic mass is 35.5. The van der Waals surface area contributed by atoms with Crippen LogP contribution in [0.15, 0.2) is 36.5 Å². The maximum absolute atomic E-state index is 14.3. The third kappa shape index (κ3) is 5.81. The Hall–Kier alpha value is -2.99. The number of alkyl halides is 5. The Labute approximate surface area is 201 Å². The summed E-state index contributed by atoms with van der Waals surface area (Å²) >= 11 is 5.86. The van der Waals surface area contributed by atoms with Gasteiger partial charge in [-0.2, -0.15) is 22.0 Å². The number of nitrogens with one attached hydrogen (secondary N) is 1. The smallest absolute Gasteiger partial charge is 0.458 e. The number of hydrogen-bond donors (Lipinski definition) is 2. The number of aliphatic carboxylic acids is 1. The lowest BCUT2D eigenvalue weighted by atomic mass is 10.0. The molecule has 1 aliphatic heterocycles. The molecule has 190 valence electrons. The Morgan fingerprint density at radius 1 is 1.17 bits per heavy atom. The van der Waals surface area contributed by atoms with E-state index in [1.807, 2.05) is 0 Å². The second-order valence-corrected chi connectivity index (χ2v) is 8.30. The minimum Gasteiger partial charge on any atom is -0.478 e. The number of pyridine rings is 1. The number of carboxylic acids is 1. The Morgan fingerprint density at radius 2 is 1.83 bits per heavy atom. The van der Waals surface area contributed by atoms with Gasteiger partial charge in [0, 0.05) is 18.0 Å². The molecule has 1 fully saturated rings. The fourth-order valence-corrected chi connectivity index (χ4v) is 3.90. The predicted molar refractivity (Wildman–Crippen MR) is 116 cm³/mol. The molecule has 35 heavy (non-hydrogen) atoms. The number of amides is 1. The van der Waals surface area contributed by atoms with Gasteiger partial charge in [0.25, 0.3) is 5.91 Å². The summed E-state index contributed by atoms with van der Waals surface area (Å²) in [6.45, 7) is 2.55. The summed E-state index contributed by atoms with van der Waals surface area (Å²) in [5, 5.41) is 11.8. The first-order valence-corrected chi connectivity index (χ1v) is 10.8. The van der Waals surface area contributed by atoms with E-state index in [0.717, 1.165) is 25.0 Å². The van der Waals surface area contributed by atoms with Gasteiger partial charge in [0.05, 0.1) is 17.2 Å². The molecular weight excluding hydrogens is 501 g/mol. The van der Waals surface area contributed by atoms with Crippen molar-refractivity contribution in [2.24, 2.45) is 0 Å². The fourth-order valence-electron chi connectivity index (χ4n) is 3.70. The Balaban J connectivity index is 2.00. The number of benzene rings is 1. The quantitative estimate of drug-likeness (QED) is 0.377. The molecule has 1 aromatic heterocycles. The molecule has 1 aliphatic rings. The van der Waals surface area contributed by atoms with Crippen molar-refractivity contribution in [2.75, 3.05) is 18.4 Å². The number of carboxylic acid groups (broad SMARTS) is 1. The van der Waals surface area contributed by atoms with E-state index < -0.39 is 47.4 Å². The van der Waals surface area contributed by atoms with Crippen LogP contribution in [0.4, 0.5) is 27.6 Å². The second kappa shape index (κ2) is 10.3. The van der Waals surface area contributed by atoms with E-state index in [-0.39, 0.29) is 16.4 Å². The number of ether oxygens (including phenoxy) is 1. The number of likely N-dealkylation sites (tertiary alicyclic amines) is 1. The van der Waals surface area contributed by atoms with Gasteiger partial charge in [-0.25, -0.2) is 9.78 Å². The largest absolute Gasteiger partial charge is 0.478 e. The molecule has 3 rings (SSSR count). The molecular formula is C22H21ClF5N3O4. The van der Waals surface area contributed by atoms with Crippen LogP contribution in [0.3, 0.4) is 0 Å². The molecule has 7 nitrogen and oxygen atoms in total. The highest BCUT2D eigenvalue weighted by molar-refractivity contribution is 6.33. The Morgan fingerprint density at radius 3 is 2.40 bits per heavy atom. The summed E-state index contributed by atoms with van der Waals surface area (Å²) in [6.07, 6.45) is -4.83. The molecule has 1 amide bonds. The normalized spacial score (nSPS) is 16.5. The zero-order valence-corrected chi connectivity index (χ0v) is 19.0. The highest BCUT2D eigenvalue weighted by Crippen LogP contribution is 2.48. The number of carbonyl (C=O) groups is 2. The highest BCUT2D eigenvalue weighted by Gasteiger charge is 2.60. The average molecular weight is 522 g/mol. The van der Waals surface area contributed by atoms with Gasteiger partial charge in [0.2, 0.25) is 6.10 Å². The van der Waals surface area contributed by atoms with Gasteiger partial charge in [0.15, 0.2) is 0 Å². The molecule has 1 aromatic carbocycles. The van der Waals surface area contributed by atoms with Crippen molar-refractivity contribution in [3.05, 3.63) is 52.8 Å². The first-order chi connectivity index (χ1) is 16.3. The van der Waals surface area contributed by atoms with E-state index in [2.05, 4.69) is 10.3 Å². The lowest BCUT2D eigenvalue weighted by Gasteiger charge is -2.31. The fraction of sp³-hybridized carbons (Fsp3) is 0.409. The molecule has 2 aromatic rings. The van der Waals surface area contributed by atoms with E-state index >= 15 is 0 Å². The Kier molecular flexibility index (Phi) is 7.85. The number of carbonyl (C=O) groups excluding carboxylic acids is 1. The van der Waals surface area contributed by atoms with Crippen molar-refractivity contribution in [2.45, 2.75) is 44.0 Å². The molecule has 0 bridgehead atoms. The van der Waals surface area contributed by atoms with Crippen molar-refractivity contribution in [3.63, 3.8) is 0 Å². The number of anilines is 1. The third-order valence-electron chi connectivity index (χ3n) is 5.59. The van der Waals surface area contributed by atoms with Crippen LogP contribution in [0.25, 0.3) is 0 Å². The zero-order chi connectivity index (χ0) is 26.0. The van der Waals surface area contributed by atoms with Gasteiger partial charge in [-0.05, 0) is 57.1 Å². The van der Waals surface area contributed by atoms with Crippen LogP contribution >= 0.6 is 11.6 Å². The van der Waals surface area contributed by atoms with Crippen LogP contribution in [0.2, 0.25) is 5.15 Å². The molecule has 0 spiro atoms. The molecule has 1 saturated heterocycles. The van der Waals surface area contributed by atoms with Gasteiger partial charge in [-0.1, -0.05) is 11.6 Å². The van der Waals surface area contributed by atoms with Gasteiger partial charge < -0.3 is 15.2 Å². The zero-order valence-electron chi connectivity index (χ0n) is 18.3. The van der Waals surface area contributed by atoms with Gasteiger partial charge >= 0.3 is 18.1 Å². The lowest BCUT2D eigenvalue weighted by Crippen LogP contribution is -2.47. The van der Waals surface area contributed by atoms with Crippen molar-refractivity contribution in [1.82, 2.24) is 9.88 Å². The SMILES string of the molecule is CC(C(Oc1cc(NC(=O)c2cccnc2Cl)ccc1C(F)(F)C(F)(F)F)C(=O)O)N1CCCC1. The maximum Gasteiger partial charge on any atom is 0.458 e. The Bertz CT molecular complexity index is 1090. The molecule has 2 N–H and O–H groups in total. The monoisotopic (exact) mass is 521 g/mol. The summed E-state index contributed by atoms with van der Waals surface area (Å²) in [5.41, 5.74) is -1.88. The second-order valence-electron chi connectivity index (χ2n) is 7.94. The van der Waals surface area contributed by atoms with E-state index in [0.29, 0.717) is 19.2 Å². The molecule has 0 radical (unpaired) electrons. The number of halogens is 6. The molecule has 0 saturated carbocycles. The van der Waals surface area contributed by atoms with Crippen molar-refractivity contribution >= 4 is 29.2 Å². The summed E-state index contributed by atoms with van der Waals surface area (Å²) in [4.78, 5) is 29.9. The number of rotatable bonds is 8. The molecule has 2 atom stereocenters. The van der Waals surface area contributed by atoms with E-state index in [1.165, 1.54) is 25.3 Å². The summed E-state index contributed by atoms with van der Waals surface area (Å²) < 4.78 is 73.4. The first kappa shape index (κ1) is 26.6. The third-order valence-corrected chi connectivity index (χ3v) is 5.89. The number of aromatic nitrogens is 1. The number of nitrogens with zero attached hydrogens (tertiary/aromatic N) is 2. The van der Waals surface area contributed by atoms with E-state index in [1.54, 1.807) is 4.90 Å². The average Bonchev–Trinajstić information content (AvgIpc) is 3.31. The van der Waals surface area contributed by atoms with Gasteiger partial charge in [0.1, 0.15) is 10.9 Å². The first-order valence-electron chi connectivity index (χ1n) is 10.5. The van der Waals surface area contributed by atoms with Crippen LogP contribution in [0, 0.1) is 0 Å². The molecule has 2 unspecified atom stereocenters. The lowest BCUT2D eigenvalue weighted by molar-refractivity contribution is -0.289. The topological polar surface area (TPSA) is 91.8 Å². The minimum absolute atomic E-state index is 0.0765. The van der Waals surface area contributed by atoms with Crippen LogP contribution in [-0.2, 0) is 10.7 Å². The molecule has 2 heterocycles. The van der Waals surface area contributed by atoms with Crippen molar-refractivity contribution < 1.29 is 41.4 Å². The van der Waals surface area contributed by atoms with Crippen molar-refractivity contribution in [3.8, 4) is 5.75 Å². The molecule has 0 aliphatic carbocycles. The summed E-state index contributed by atoms with van der Waals surface area (Å²) in [6, 6.07) is 3.90. The molecule has 13 heteroatoms. The van der Waals surface area contributed by atoms with Gasteiger partial charge in [-0.3, -0.25) is 9.69 Å². The van der Waals surface area contributed by atoms with Crippen LogP contribution < -0.4 is 10.1 Å². The van der Waals surface area contributed by atoms with Crippen LogP contribution in [0.1, 0.15) is 35.7 Å². The predicted octanol–water partition coefficient (Wildman–Crippen LogP) is 4.96.